The summed E-state index contributed by atoms with van der Waals surface area (Å²) < 4.78 is 20.5. The molecule has 0 spiro atoms. The lowest BCUT2D eigenvalue weighted by Gasteiger charge is -2.06. The van der Waals surface area contributed by atoms with Gasteiger partial charge < -0.3 is 9.73 Å². The molecule has 1 heterocycles. The fourth-order valence-corrected chi connectivity index (χ4v) is 2.52. The summed E-state index contributed by atoms with van der Waals surface area (Å²) in [6.07, 6.45) is 0. The van der Waals surface area contributed by atoms with Gasteiger partial charge in [0.15, 0.2) is 5.58 Å². The van der Waals surface area contributed by atoms with Gasteiger partial charge in [-0.05, 0) is 41.0 Å². The van der Waals surface area contributed by atoms with Gasteiger partial charge >= 0.3 is 0 Å². The molecule has 2 nitrogen and oxygen atoms in total. The first-order valence-electron chi connectivity index (χ1n) is 5.60. The van der Waals surface area contributed by atoms with Crippen molar-refractivity contribution < 1.29 is 8.81 Å². The zero-order valence-corrected chi connectivity index (χ0v) is 11.7. The Balaban J connectivity index is 2.80. The van der Waals surface area contributed by atoms with E-state index in [0.29, 0.717) is 17.5 Å². The summed E-state index contributed by atoms with van der Waals surface area (Å²) in [4.78, 5) is 0. The fourth-order valence-electron chi connectivity index (χ4n) is 2.10. The minimum atomic E-state index is -0.224. The highest BCUT2D eigenvalue weighted by molar-refractivity contribution is 9.10. The molecule has 2 aromatic rings. The van der Waals surface area contributed by atoms with Crippen molar-refractivity contribution in [2.24, 2.45) is 0 Å². The average molecular weight is 300 g/mol. The van der Waals surface area contributed by atoms with Crippen molar-refractivity contribution in [2.45, 2.75) is 26.3 Å². The molecule has 2 rings (SSSR count). The summed E-state index contributed by atoms with van der Waals surface area (Å²) in [5, 5.41) is 3.64. The van der Waals surface area contributed by atoms with E-state index >= 15 is 0 Å². The largest absolute Gasteiger partial charge is 0.458 e. The van der Waals surface area contributed by atoms with Crippen LogP contribution >= 0.6 is 15.9 Å². The average Bonchev–Trinajstić information content (AvgIpc) is 2.64. The molecular weight excluding hydrogens is 285 g/mol. The molecule has 0 bridgehead atoms. The van der Waals surface area contributed by atoms with E-state index in [-0.39, 0.29) is 11.7 Å². The number of hydrogen-bond donors (Lipinski definition) is 1. The Hall–Kier alpha value is -0.870. The van der Waals surface area contributed by atoms with Crippen LogP contribution in [0.3, 0.4) is 0 Å². The van der Waals surface area contributed by atoms with Crippen LogP contribution in [-0.2, 0) is 6.54 Å². The molecule has 0 aliphatic heterocycles. The fraction of sp³-hybridized carbons (Fsp3) is 0.385. The summed E-state index contributed by atoms with van der Waals surface area (Å²) >= 11 is 3.40. The number of benzene rings is 1. The molecule has 0 saturated carbocycles. The van der Waals surface area contributed by atoms with Crippen molar-refractivity contribution in [1.82, 2.24) is 5.32 Å². The van der Waals surface area contributed by atoms with Gasteiger partial charge in [0.25, 0.3) is 0 Å². The minimum Gasteiger partial charge on any atom is -0.458 e. The molecule has 0 saturated heterocycles. The van der Waals surface area contributed by atoms with Crippen LogP contribution in [0.4, 0.5) is 4.39 Å². The zero-order valence-electron chi connectivity index (χ0n) is 10.1. The lowest BCUT2D eigenvalue weighted by Crippen LogP contribution is -2.06. The molecule has 17 heavy (non-hydrogen) atoms. The second kappa shape index (κ2) is 4.78. The van der Waals surface area contributed by atoms with Crippen LogP contribution in [0.1, 0.15) is 31.1 Å². The maximum Gasteiger partial charge on any atom is 0.151 e. The molecule has 1 aromatic heterocycles. The maximum atomic E-state index is 13.9. The third-order valence-electron chi connectivity index (χ3n) is 2.77. The number of nitrogens with one attached hydrogen (secondary N) is 1. The van der Waals surface area contributed by atoms with Crippen LogP contribution in [0.2, 0.25) is 0 Å². The molecule has 0 unspecified atom stereocenters. The Morgan fingerprint density at radius 3 is 2.71 bits per heavy atom. The van der Waals surface area contributed by atoms with Crippen molar-refractivity contribution in [2.75, 3.05) is 7.05 Å². The van der Waals surface area contributed by atoms with Gasteiger partial charge in [0.05, 0.1) is 16.4 Å². The Morgan fingerprint density at radius 1 is 1.41 bits per heavy atom. The van der Waals surface area contributed by atoms with Gasteiger partial charge in [-0.2, -0.15) is 0 Å². The van der Waals surface area contributed by atoms with Crippen LogP contribution in [0.15, 0.2) is 21.0 Å². The molecule has 0 amide bonds. The third kappa shape index (κ3) is 2.11. The Labute approximate surface area is 108 Å². The summed E-state index contributed by atoms with van der Waals surface area (Å²) in [7, 11) is 1.85. The second-order valence-electron chi connectivity index (χ2n) is 4.36. The predicted molar refractivity (Wildman–Crippen MR) is 70.7 cm³/mol. The number of hydrogen-bond acceptors (Lipinski definition) is 2. The monoisotopic (exact) mass is 299 g/mol. The first-order chi connectivity index (χ1) is 8.06. The number of halogens is 2. The number of rotatable bonds is 3. The van der Waals surface area contributed by atoms with Gasteiger partial charge in [0, 0.05) is 5.56 Å². The van der Waals surface area contributed by atoms with E-state index in [1.165, 1.54) is 6.07 Å². The van der Waals surface area contributed by atoms with Gasteiger partial charge in [-0.25, -0.2) is 4.39 Å². The molecule has 92 valence electrons. The lowest BCUT2D eigenvalue weighted by molar-refractivity contribution is 0.519. The van der Waals surface area contributed by atoms with Crippen LogP contribution in [0.25, 0.3) is 11.0 Å². The van der Waals surface area contributed by atoms with Crippen LogP contribution in [0, 0.1) is 5.82 Å². The lowest BCUT2D eigenvalue weighted by atomic mass is 9.99. The SMILES string of the molecule is CNCc1oc2c(Br)ccc(F)c2c1C(C)C. The highest BCUT2D eigenvalue weighted by Crippen LogP contribution is 2.37. The van der Waals surface area contributed by atoms with E-state index in [9.17, 15) is 4.39 Å². The number of fused-ring (bicyclic) bond motifs is 1. The highest BCUT2D eigenvalue weighted by atomic mass is 79.9. The molecular formula is C13H15BrFNO. The quantitative estimate of drug-likeness (QED) is 0.920. The van der Waals surface area contributed by atoms with E-state index in [1.54, 1.807) is 6.07 Å². The Bertz CT molecular complexity index is 548. The highest BCUT2D eigenvalue weighted by Gasteiger charge is 2.21. The van der Waals surface area contributed by atoms with Crippen molar-refractivity contribution in [3.63, 3.8) is 0 Å². The van der Waals surface area contributed by atoms with E-state index in [2.05, 4.69) is 21.2 Å². The van der Waals surface area contributed by atoms with Gasteiger partial charge in [0.2, 0.25) is 0 Å². The third-order valence-corrected chi connectivity index (χ3v) is 3.39. The van der Waals surface area contributed by atoms with Crippen LogP contribution in [0.5, 0.6) is 0 Å². The molecule has 1 N–H and O–H groups in total. The molecule has 0 atom stereocenters. The van der Waals surface area contributed by atoms with Gasteiger partial charge in [0.1, 0.15) is 11.6 Å². The normalized spacial score (nSPS) is 11.6. The molecule has 0 radical (unpaired) electrons. The Morgan fingerprint density at radius 2 is 2.12 bits per heavy atom. The molecule has 4 heteroatoms. The topological polar surface area (TPSA) is 25.2 Å². The van der Waals surface area contributed by atoms with Crippen molar-refractivity contribution in [3.8, 4) is 0 Å². The molecule has 0 aliphatic rings. The predicted octanol–water partition coefficient (Wildman–Crippen LogP) is 4.18. The minimum absolute atomic E-state index is 0.224. The van der Waals surface area contributed by atoms with E-state index < -0.39 is 0 Å². The summed E-state index contributed by atoms with van der Waals surface area (Å²) in [5.41, 5.74) is 1.55. The standard InChI is InChI=1S/C13H15BrFNO/c1-7(2)11-10(6-16-3)17-13-8(14)4-5-9(15)12(11)13/h4-5,7,16H,6H2,1-3H3. The van der Waals surface area contributed by atoms with Crippen molar-refractivity contribution in [3.05, 3.63) is 33.7 Å². The zero-order chi connectivity index (χ0) is 12.6. The first kappa shape index (κ1) is 12.6. The molecule has 1 aromatic carbocycles. The maximum absolute atomic E-state index is 13.9. The summed E-state index contributed by atoms with van der Waals surface area (Å²) in [6, 6.07) is 3.14. The van der Waals surface area contributed by atoms with Gasteiger partial charge in [-0.1, -0.05) is 13.8 Å². The van der Waals surface area contributed by atoms with Gasteiger partial charge in [-0.15, -0.1) is 0 Å². The number of furan rings is 1. The molecule has 0 fully saturated rings. The first-order valence-corrected chi connectivity index (χ1v) is 6.39. The van der Waals surface area contributed by atoms with E-state index in [1.807, 2.05) is 20.9 Å². The van der Waals surface area contributed by atoms with E-state index in [4.69, 9.17) is 4.42 Å². The molecule has 0 aliphatic carbocycles. The second-order valence-corrected chi connectivity index (χ2v) is 5.21. The van der Waals surface area contributed by atoms with Crippen LogP contribution < -0.4 is 5.32 Å². The van der Waals surface area contributed by atoms with Crippen LogP contribution in [-0.4, -0.2) is 7.05 Å². The van der Waals surface area contributed by atoms with Crippen molar-refractivity contribution >= 4 is 26.9 Å². The van der Waals surface area contributed by atoms with Gasteiger partial charge in [-0.3, -0.25) is 0 Å². The smallest absolute Gasteiger partial charge is 0.151 e. The summed E-state index contributed by atoms with van der Waals surface area (Å²) in [6.45, 7) is 4.70. The van der Waals surface area contributed by atoms with E-state index in [0.717, 1.165) is 15.8 Å². The van der Waals surface area contributed by atoms with Crippen molar-refractivity contribution in [1.29, 1.82) is 0 Å². The summed E-state index contributed by atoms with van der Waals surface area (Å²) in [5.74, 6) is 0.810. The Kier molecular flexibility index (Phi) is 3.54.